The predicted octanol–water partition coefficient (Wildman–Crippen LogP) is 2.48. The Morgan fingerprint density at radius 1 is 1.14 bits per heavy atom. The standard InChI is InChI=1S/C13H10ClNO5S/c14-8-1-3-9(4-2-8)20-12-6-5-10(21(15,18)19)7-11(12)13(16)17/h1-7H,(H,16,17)(H2,15,18,19). The van der Waals surface area contributed by atoms with Crippen molar-refractivity contribution in [1.82, 2.24) is 0 Å². The van der Waals surface area contributed by atoms with Gasteiger partial charge in [-0.15, -0.1) is 0 Å². The Hall–Kier alpha value is -2.09. The molecule has 0 spiro atoms. The average Bonchev–Trinajstić information content (AvgIpc) is 2.40. The van der Waals surface area contributed by atoms with Gasteiger partial charge in [0.2, 0.25) is 10.0 Å². The SMILES string of the molecule is NS(=O)(=O)c1ccc(Oc2ccc(Cl)cc2)c(C(=O)O)c1. The van der Waals surface area contributed by atoms with Crippen LogP contribution in [0.25, 0.3) is 0 Å². The Balaban J connectivity index is 2.44. The van der Waals surface area contributed by atoms with Gasteiger partial charge in [-0.25, -0.2) is 18.4 Å². The van der Waals surface area contributed by atoms with E-state index in [1.54, 1.807) is 24.3 Å². The van der Waals surface area contributed by atoms with E-state index in [0.717, 1.165) is 6.07 Å². The highest BCUT2D eigenvalue weighted by molar-refractivity contribution is 7.89. The van der Waals surface area contributed by atoms with Crippen LogP contribution in [0.1, 0.15) is 10.4 Å². The molecule has 0 fully saturated rings. The summed E-state index contributed by atoms with van der Waals surface area (Å²) in [6, 6.07) is 9.63. The minimum atomic E-state index is -3.99. The number of benzene rings is 2. The fourth-order valence-electron chi connectivity index (χ4n) is 1.57. The summed E-state index contributed by atoms with van der Waals surface area (Å²) < 4.78 is 27.9. The molecule has 110 valence electrons. The molecule has 0 radical (unpaired) electrons. The summed E-state index contributed by atoms with van der Waals surface area (Å²) in [6.45, 7) is 0. The number of carboxylic acid groups (broad SMARTS) is 1. The van der Waals surface area contributed by atoms with Gasteiger partial charge in [0.05, 0.1) is 4.90 Å². The highest BCUT2D eigenvalue weighted by Crippen LogP contribution is 2.28. The molecule has 0 amide bonds. The van der Waals surface area contributed by atoms with E-state index in [9.17, 15) is 13.2 Å². The molecule has 0 heterocycles. The number of ether oxygens (including phenoxy) is 1. The maximum Gasteiger partial charge on any atom is 0.339 e. The number of aromatic carboxylic acids is 1. The van der Waals surface area contributed by atoms with Crippen molar-refractivity contribution >= 4 is 27.6 Å². The Morgan fingerprint density at radius 2 is 1.76 bits per heavy atom. The third-order valence-corrected chi connectivity index (χ3v) is 3.71. The minimum absolute atomic E-state index is 0.00257. The first-order chi connectivity index (χ1) is 9.77. The molecule has 0 saturated carbocycles. The van der Waals surface area contributed by atoms with Gasteiger partial charge in [-0.2, -0.15) is 0 Å². The zero-order chi connectivity index (χ0) is 15.6. The largest absolute Gasteiger partial charge is 0.478 e. The molecule has 0 unspecified atom stereocenters. The Bertz CT molecular complexity index is 787. The first-order valence-corrected chi connectivity index (χ1v) is 7.53. The summed E-state index contributed by atoms with van der Waals surface area (Å²) in [6.07, 6.45) is 0. The van der Waals surface area contributed by atoms with Crippen molar-refractivity contribution in [2.45, 2.75) is 4.90 Å². The van der Waals surface area contributed by atoms with Crippen LogP contribution in [0.4, 0.5) is 0 Å². The summed E-state index contributed by atoms with van der Waals surface area (Å²) in [5, 5.41) is 14.6. The molecule has 0 aromatic heterocycles. The molecule has 0 bridgehead atoms. The zero-order valence-corrected chi connectivity index (χ0v) is 12.1. The molecular formula is C13H10ClNO5S. The molecule has 3 N–H and O–H groups in total. The number of halogens is 1. The molecular weight excluding hydrogens is 318 g/mol. The highest BCUT2D eigenvalue weighted by atomic mass is 35.5. The van der Waals surface area contributed by atoms with Crippen molar-refractivity contribution < 1.29 is 23.1 Å². The first kappa shape index (κ1) is 15.3. The van der Waals surface area contributed by atoms with Crippen LogP contribution in [0.15, 0.2) is 47.4 Å². The van der Waals surface area contributed by atoms with E-state index in [2.05, 4.69) is 0 Å². The second kappa shape index (κ2) is 5.72. The Kier molecular flexibility index (Phi) is 4.17. The maximum absolute atomic E-state index is 11.2. The number of carboxylic acids is 1. The van der Waals surface area contributed by atoms with Gasteiger partial charge >= 0.3 is 5.97 Å². The lowest BCUT2D eigenvalue weighted by molar-refractivity contribution is 0.0694. The Labute approximate surface area is 125 Å². The van der Waals surface area contributed by atoms with E-state index in [1.807, 2.05) is 0 Å². The van der Waals surface area contributed by atoms with Gasteiger partial charge < -0.3 is 9.84 Å². The van der Waals surface area contributed by atoms with E-state index in [1.165, 1.54) is 12.1 Å². The third kappa shape index (κ3) is 3.72. The number of hydrogen-bond donors (Lipinski definition) is 2. The summed E-state index contributed by atoms with van der Waals surface area (Å²) in [7, 11) is -3.99. The number of carbonyl (C=O) groups is 1. The predicted molar refractivity (Wildman–Crippen MR) is 76.3 cm³/mol. The van der Waals surface area contributed by atoms with Gasteiger partial charge in [0.1, 0.15) is 17.1 Å². The highest BCUT2D eigenvalue weighted by Gasteiger charge is 2.17. The lowest BCUT2D eigenvalue weighted by Crippen LogP contribution is -2.13. The third-order valence-electron chi connectivity index (χ3n) is 2.55. The molecule has 0 atom stereocenters. The van der Waals surface area contributed by atoms with Crippen molar-refractivity contribution in [2.75, 3.05) is 0 Å². The van der Waals surface area contributed by atoms with Crippen LogP contribution in [0.3, 0.4) is 0 Å². The lowest BCUT2D eigenvalue weighted by atomic mass is 10.2. The van der Waals surface area contributed by atoms with E-state index >= 15 is 0 Å². The van der Waals surface area contributed by atoms with Crippen molar-refractivity contribution in [3.8, 4) is 11.5 Å². The van der Waals surface area contributed by atoms with Crippen LogP contribution in [0, 0.1) is 0 Å². The summed E-state index contributed by atoms with van der Waals surface area (Å²) in [5.74, 6) is -0.966. The van der Waals surface area contributed by atoms with Crippen LogP contribution >= 0.6 is 11.6 Å². The number of primary sulfonamides is 1. The monoisotopic (exact) mass is 327 g/mol. The summed E-state index contributed by atoms with van der Waals surface area (Å²) in [4.78, 5) is 10.9. The van der Waals surface area contributed by atoms with Gasteiger partial charge in [-0.05, 0) is 42.5 Å². The second-order valence-electron chi connectivity index (χ2n) is 4.06. The molecule has 8 heteroatoms. The molecule has 21 heavy (non-hydrogen) atoms. The quantitative estimate of drug-likeness (QED) is 0.897. The smallest absolute Gasteiger partial charge is 0.339 e. The van der Waals surface area contributed by atoms with Crippen molar-refractivity contribution in [2.24, 2.45) is 5.14 Å². The zero-order valence-electron chi connectivity index (χ0n) is 10.5. The molecule has 2 rings (SSSR count). The van der Waals surface area contributed by atoms with Crippen LogP contribution in [0.5, 0.6) is 11.5 Å². The summed E-state index contributed by atoms with van der Waals surface area (Å²) in [5.41, 5.74) is -0.309. The van der Waals surface area contributed by atoms with Crippen LogP contribution in [-0.2, 0) is 10.0 Å². The maximum atomic E-state index is 11.2. The molecule has 6 nitrogen and oxygen atoms in total. The van der Waals surface area contributed by atoms with E-state index in [4.69, 9.17) is 26.6 Å². The molecule has 0 aliphatic carbocycles. The van der Waals surface area contributed by atoms with Gasteiger partial charge in [0.15, 0.2) is 0 Å². The van der Waals surface area contributed by atoms with E-state index < -0.39 is 16.0 Å². The van der Waals surface area contributed by atoms with Gasteiger partial charge in [0, 0.05) is 5.02 Å². The minimum Gasteiger partial charge on any atom is -0.478 e. The summed E-state index contributed by atoms with van der Waals surface area (Å²) >= 11 is 5.74. The van der Waals surface area contributed by atoms with E-state index in [-0.39, 0.29) is 16.2 Å². The molecule has 2 aromatic rings. The van der Waals surface area contributed by atoms with Crippen LogP contribution in [-0.4, -0.2) is 19.5 Å². The normalized spacial score (nSPS) is 11.1. The molecule has 0 saturated heterocycles. The fraction of sp³-hybridized carbons (Fsp3) is 0. The fourth-order valence-corrected chi connectivity index (χ4v) is 2.24. The molecule has 2 aromatic carbocycles. The van der Waals surface area contributed by atoms with Crippen molar-refractivity contribution in [1.29, 1.82) is 0 Å². The van der Waals surface area contributed by atoms with Gasteiger partial charge in [-0.1, -0.05) is 11.6 Å². The first-order valence-electron chi connectivity index (χ1n) is 5.61. The number of rotatable bonds is 4. The van der Waals surface area contributed by atoms with Crippen molar-refractivity contribution in [3.63, 3.8) is 0 Å². The van der Waals surface area contributed by atoms with Crippen molar-refractivity contribution in [3.05, 3.63) is 53.1 Å². The van der Waals surface area contributed by atoms with Crippen LogP contribution in [0.2, 0.25) is 5.02 Å². The van der Waals surface area contributed by atoms with Crippen LogP contribution < -0.4 is 9.88 Å². The van der Waals surface area contributed by atoms with Gasteiger partial charge in [-0.3, -0.25) is 0 Å². The molecule has 0 aliphatic heterocycles. The molecule has 0 aliphatic rings. The Morgan fingerprint density at radius 3 is 2.29 bits per heavy atom. The average molecular weight is 328 g/mol. The number of nitrogens with two attached hydrogens (primary N) is 1. The number of hydrogen-bond acceptors (Lipinski definition) is 4. The number of sulfonamides is 1. The van der Waals surface area contributed by atoms with E-state index in [0.29, 0.717) is 10.8 Å². The topological polar surface area (TPSA) is 107 Å². The van der Waals surface area contributed by atoms with Gasteiger partial charge in [0.25, 0.3) is 0 Å². The lowest BCUT2D eigenvalue weighted by Gasteiger charge is -2.10. The second-order valence-corrected chi connectivity index (χ2v) is 6.06.